The second-order valence-corrected chi connectivity index (χ2v) is 3.99. The number of benzene rings is 1. The number of carboxylic acid groups (broad SMARTS) is 1. The Hall–Kier alpha value is -2.02. The van der Waals surface area contributed by atoms with Gasteiger partial charge in [0.25, 0.3) is 0 Å². The molecule has 1 aromatic heterocycles. The Bertz CT molecular complexity index is 642. The third-order valence-corrected chi connectivity index (χ3v) is 2.75. The maximum absolute atomic E-state index is 12.8. The van der Waals surface area contributed by atoms with E-state index in [9.17, 15) is 23.1 Å². The monoisotopic (exact) mass is 274 g/mol. The van der Waals surface area contributed by atoms with Crippen molar-refractivity contribution >= 4 is 16.9 Å². The number of rotatable bonds is 2. The van der Waals surface area contributed by atoms with Gasteiger partial charge in [-0.1, -0.05) is 12.1 Å². The van der Waals surface area contributed by atoms with Gasteiger partial charge in [-0.2, -0.15) is 13.2 Å². The molecule has 1 atom stereocenters. The molecule has 0 saturated carbocycles. The van der Waals surface area contributed by atoms with E-state index < -0.39 is 29.4 Å². The first-order valence-corrected chi connectivity index (χ1v) is 5.23. The first-order chi connectivity index (χ1) is 8.73. The highest BCUT2D eigenvalue weighted by Crippen LogP contribution is 2.39. The topological polar surface area (TPSA) is 70.7 Å². The summed E-state index contributed by atoms with van der Waals surface area (Å²) >= 11 is 0. The van der Waals surface area contributed by atoms with Crippen LogP contribution in [0.2, 0.25) is 0 Å². The number of hydrogen-bond acceptors (Lipinski definition) is 3. The summed E-state index contributed by atoms with van der Waals surface area (Å²) in [5.41, 5.74) is -1.63. The van der Waals surface area contributed by atoms with Gasteiger partial charge in [0.1, 0.15) is 11.3 Å². The summed E-state index contributed by atoms with van der Waals surface area (Å²) in [5, 5.41) is 18.2. The molecule has 0 fully saturated rings. The van der Waals surface area contributed by atoms with E-state index in [1.165, 1.54) is 13.0 Å². The summed E-state index contributed by atoms with van der Waals surface area (Å²) in [7, 11) is 0. The molecule has 2 N–H and O–H groups in total. The van der Waals surface area contributed by atoms with Crippen molar-refractivity contribution in [2.45, 2.75) is 19.2 Å². The van der Waals surface area contributed by atoms with E-state index >= 15 is 0 Å². The van der Waals surface area contributed by atoms with Crippen LogP contribution in [0.3, 0.4) is 0 Å². The van der Waals surface area contributed by atoms with Crippen molar-refractivity contribution in [3.63, 3.8) is 0 Å². The number of furan rings is 1. The number of aliphatic carboxylic acids is 1. The minimum absolute atomic E-state index is 0.0535. The summed E-state index contributed by atoms with van der Waals surface area (Å²) in [6, 6.07) is 3.25. The molecule has 0 aliphatic rings. The molecule has 1 unspecified atom stereocenters. The normalized spacial score (nSPS) is 13.7. The molecule has 1 heterocycles. The van der Waals surface area contributed by atoms with Crippen LogP contribution in [-0.4, -0.2) is 16.2 Å². The van der Waals surface area contributed by atoms with Crippen molar-refractivity contribution in [1.29, 1.82) is 0 Å². The summed E-state index contributed by atoms with van der Waals surface area (Å²) < 4.78 is 43.3. The number of aliphatic hydroxyl groups is 1. The van der Waals surface area contributed by atoms with E-state index in [1.54, 1.807) is 0 Å². The van der Waals surface area contributed by atoms with E-state index in [-0.39, 0.29) is 16.7 Å². The average Bonchev–Trinajstić information content (AvgIpc) is 2.61. The van der Waals surface area contributed by atoms with Crippen molar-refractivity contribution < 1.29 is 32.6 Å². The minimum Gasteiger partial charge on any atom is -0.479 e. The lowest BCUT2D eigenvalue weighted by atomic mass is 10.0. The van der Waals surface area contributed by atoms with Crippen LogP contribution in [0.5, 0.6) is 0 Å². The van der Waals surface area contributed by atoms with Crippen LogP contribution >= 0.6 is 0 Å². The van der Waals surface area contributed by atoms with Crippen molar-refractivity contribution in [1.82, 2.24) is 0 Å². The van der Waals surface area contributed by atoms with E-state index in [4.69, 9.17) is 9.52 Å². The second-order valence-electron chi connectivity index (χ2n) is 3.99. The van der Waals surface area contributed by atoms with Crippen LogP contribution in [0.1, 0.15) is 23.0 Å². The fourth-order valence-corrected chi connectivity index (χ4v) is 1.94. The lowest BCUT2D eigenvalue weighted by Gasteiger charge is -2.07. The number of halogens is 3. The van der Waals surface area contributed by atoms with Gasteiger partial charge in [0.15, 0.2) is 6.10 Å². The molecular weight excluding hydrogens is 265 g/mol. The van der Waals surface area contributed by atoms with Crippen molar-refractivity contribution in [2.75, 3.05) is 0 Å². The molecule has 102 valence electrons. The molecule has 1 aromatic carbocycles. The molecule has 2 aromatic rings. The maximum atomic E-state index is 12.8. The molecule has 0 aliphatic carbocycles. The third kappa shape index (κ3) is 2.17. The fraction of sp³-hybridized carbons (Fsp3) is 0.250. The molecule has 19 heavy (non-hydrogen) atoms. The van der Waals surface area contributed by atoms with E-state index in [2.05, 4.69) is 0 Å². The molecule has 2 rings (SSSR count). The fourth-order valence-electron chi connectivity index (χ4n) is 1.94. The van der Waals surface area contributed by atoms with E-state index in [0.29, 0.717) is 0 Å². The standard InChI is InChI=1S/C12H9F3O4/c1-5-8(9(16)11(17)18)6-3-2-4-7(10(6)19-5)12(13,14)15/h2-4,9,16H,1H3,(H,17,18). The molecule has 0 aliphatic heterocycles. The Morgan fingerprint density at radius 1 is 1.37 bits per heavy atom. The second kappa shape index (κ2) is 4.27. The minimum atomic E-state index is -4.62. The number of hydrogen-bond donors (Lipinski definition) is 2. The van der Waals surface area contributed by atoms with Crippen molar-refractivity contribution in [3.8, 4) is 0 Å². The van der Waals surface area contributed by atoms with Gasteiger partial charge in [-0.25, -0.2) is 4.79 Å². The van der Waals surface area contributed by atoms with Crippen molar-refractivity contribution in [3.05, 3.63) is 35.1 Å². The predicted molar refractivity (Wildman–Crippen MR) is 58.5 cm³/mol. The Morgan fingerprint density at radius 2 is 2.00 bits per heavy atom. The Morgan fingerprint density at radius 3 is 2.53 bits per heavy atom. The van der Waals surface area contributed by atoms with E-state index in [0.717, 1.165) is 12.1 Å². The van der Waals surface area contributed by atoms with Gasteiger partial charge in [-0.15, -0.1) is 0 Å². The number of alkyl halides is 3. The predicted octanol–water partition coefficient (Wildman–Crippen LogP) is 2.88. The maximum Gasteiger partial charge on any atom is 0.420 e. The molecular formula is C12H9F3O4. The Kier molecular flexibility index (Phi) is 3.01. The van der Waals surface area contributed by atoms with Gasteiger partial charge in [-0.05, 0) is 13.0 Å². The number of aliphatic hydroxyl groups excluding tert-OH is 1. The van der Waals surface area contributed by atoms with Gasteiger partial charge in [0, 0.05) is 10.9 Å². The van der Waals surface area contributed by atoms with E-state index in [1.807, 2.05) is 0 Å². The number of carbonyl (C=O) groups is 1. The summed E-state index contributed by atoms with van der Waals surface area (Å²) in [6.45, 7) is 1.31. The first kappa shape index (κ1) is 13.4. The van der Waals surface area contributed by atoms with Crippen molar-refractivity contribution in [2.24, 2.45) is 0 Å². The first-order valence-electron chi connectivity index (χ1n) is 5.23. The van der Waals surface area contributed by atoms with Crippen LogP contribution in [0, 0.1) is 6.92 Å². The Labute approximate surface area is 105 Å². The molecule has 0 saturated heterocycles. The number of fused-ring (bicyclic) bond motifs is 1. The number of para-hydroxylation sites is 1. The van der Waals surface area contributed by atoms with Crippen LogP contribution in [0.15, 0.2) is 22.6 Å². The molecule has 4 nitrogen and oxygen atoms in total. The average molecular weight is 274 g/mol. The van der Waals surface area contributed by atoms with Crippen LogP contribution in [-0.2, 0) is 11.0 Å². The van der Waals surface area contributed by atoms with Gasteiger partial charge >= 0.3 is 12.1 Å². The van der Waals surface area contributed by atoms with Gasteiger partial charge < -0.3 is 14.6 Å². The lowest BCUT2D eigenvalue weighted by Crippen LogP contribution is -2.11. The molecule has 0 bridgehead atoms. The van der Waals surface area contributed by atoms with Crippen LogP contribution in [0.25, 0.3) is 11.0 Å². The Balaban J connectivity index is 2.77. The van der Waals surface area contributed by atoms with Gasteiger partial charge in [-0.3, -0.25) is 0 Å². The number of carboxylic acids is 1. The zero-order valence-corrected chi connectivity index (χ0v) is 9.65. The quantitative estimate of drug-likeness (QED) is 0.883. The zero-order valence-electron chi connectivity index (χ0n) is 9.65. The highest BCUT2D eigenvalue weighted by molar-refractivity contribution is 5.90. The van der Waals surface area contributed by atoms with Crippen LogP contribution < -0.4 is 0 Å². The highest BCUT2D eigenvalue weighted by atomic mass is 19.4. The molecule has 7 heteroatoms. The smallest absolute Gasteiger partial charge is 0.420 e. The van der Waals surface area contributed by atoms with Gasteiger partial charge in [0.2, 0.25) is 0 Å². The molecule has 0 spiro atoms. The molecule has 0 amide bonds. The lowest BCUT2D eigenvalue weighted by molar-refractivity contribution is -0.147. The van der Waals surface area contributed by atoms with Gasteiger partial charge in [0.05, 0.1) is 5.56 Å². The SMILES string of the molecule is Cc1oc2c(C(F)(F)F)cccc2c1C(O)C(=O)O. The summed E-state index contributed by atoms with van der Waals surface area (Å²) in [6.07, 6.45) is -6.54. The largest absolute Gasteiger partial charge is 0.479 e. The summed E-state index contributed by atoms with van der Waals surface area (Å²) in [4.78, 5) is 10.8. The molecule has 0 radical (unpaired) electrons. The summed E-state index contributed by atoms with van der Waals surface area (Å²) in [5.74, 6) is -1.61. The highest BCUT2D eigenvalue weighted by Gasteiger charge is 2.36. The zero-order chi connectivity index (χ0) is 14.4. The third-order valence-electron chi connectivity index (χ3n) is 2.75. The van der Waals surface area contributed by atoms with Crippen LogP contribution in [0.4, 0.5) is 13.2 Å². The number of aryl methyl sites for hydroxylation is 1.